The van der Waals surface area contributed by atoms with Gasteiger partial charge in [-0.3, -0.25) is 14.3 Å². The van der Waals surface area contributed by atoms with E-state index < -0.39 is 17.1 Å². The van der Waals surface area contributed by atoms with Crippen LogP contribution in [0.1, 0.15) is 16.7 Å². The standard InChI is InChI=1S/C13H12FN3O2S/c1-7-5-17(13(19)16-12(7)18)6-8-3-2-4-9(10(8)14)11(15)20/h2-5H,6H2,1H3,(H2,15,20)(H,16,18,19). The molecule has 0 fully saturated rings. The van der Waals surface area contributed by atoms with E-state index in [1.54, 1.807) is 13.0 Å². The van der Waals surface area contributed by atoms with Crippen LogP contribution in [0.5, 0.6) is 0 Å². The normalized spacial score (nSPS) is 10.5. The van der Waals surface area contributed by atoms with Crippen molar-refractivity contribution in [3.8, 4) is 0 Å². The molecule has 0 aliphatic carbocycles. The van der Waals surface area contributed by atoms with Crippen LogP contribution >= 0.6 is 12.2 Å². The second-order valence-corrected chi connectivity index (χ2v) is 4.78. The van der Waals surface area contributed by atoms with Gasteiger partial charge in [0.05, 0.1) is 6.54 Å². The Labute approximate surface area is 118 Å². The number of hydrogen-bond acceptors (Lipinski definition) is 3. The number of rotatable bonds is 3. The minimum atomic E-state index is -0.597. The molecule has 20 heavy (non-hydrogen) atoms. The van der Waals surface area contributed by atoms with Crippen molar-refractivity contribution >= 4 is 17.2 Å². The fourth-order valence-electron chi connectivity index (χ4n) is 1.81. The summed E-state index contributed by atoms with van der Waals surface area (Å²) >= 11 is 4.76. The van der Waals surface area contributed by atoms with Gasteiger partial charge in [-0.2, -0.15) is 0 Å². The summed E-state index contributed by atoms with van der Waals surface area (Å²) in [6.07, 6.45) is 1.38. The second-order valence-electron chi connectivity index (χ2n) is 4.34. The van der Waals surface area contributed by atoms with E-state index in [0.29, 0.717) is 5.56 Å². The molecule has 0 bridgehead atoms. The number of benzene rings is 1. The van der Waals surface area contributed by atoms with E-state index in [-0.39, 0.29) is 22.7 Å². The lowest BCUT2D eigenvalue weighted by molar-refractivity contribution is 0.590. The molecule has 0 unspecified atom stereocenters. The third-order valence-corrected chi connectivity index (χ3v) is 3.09. The van der Waals surface area contributed by atoms with E-state index in [4.69, 9.17) is 18.0 Å². The van der Waals surface area contributed by atoms with Crippen molar-refractivity contribution in [2.24, 2.45) is 5.73 Å². The lowest BCUT2D eigenvalue weighted by atomic mass is 10.1. The number of H-pyrrole nitrogens is 1. The van der Waals surface area contributed by atoms with Crippen LogP contribution < -0.4 is 17.0 Å². The lowest BCUT2D eigenvalue weighted by Gasteiger charge is -2.09. The first kappa shape index (κ1) is 14.1. The number of aryl methyl sites for hydroxylation is 1. The molecule has 104 valence electrons. The lowest BCUT2D eigenvalue weighted by Crippen LogP contribution is -2.31. The zero-order valence-electron chi connectivity index (χ0n) is 10.6. The number of nitrogens with zero attached hydrogens (tertiary/aromatic N) is 1. The van der Waals surface area contributed by atoms with Crippen molar-refractivity contribution in [3.63, 3.8) is 0 Å². The molecule has 3 N–H and O–H groups in total. The van der Waals surface area contributed by atoms with Gasteiger partial charge in [0.15, 0.2) is 0 Å². The van der Waals surface area contributed by atoms with Crippen LogP contribution in [0.3, 0.4) is 0 Å². The first-order chi connectivity index (χ1) is 9.40. The van der Waals surface area contributed by atoms with Crippen molar-refractivity contribution in [1.82, 2.24) is 9.55 Å². The van der Waals surface area contributed by atoms with E-state index in [2.05, 4.69) is 4.98 Å². The molecule has 2 rings (SSSR count). The summed E-state index contributed by atoms with van der Waals surface area (Å²) in [6, 6.07) is 4.61. The van der Waals surface area contributed by atoms with Crippen LogP contribution in [0, 0.1) is 12.7 Å². The van der Waals surface area contributed by atoms with Gasteiger partial charge >= 0.3 is 5.69 Å². The summed E-state index contributed by atoms with van der Waals surface area (Å²) in [5.74, 6) is -0.559. The van der Waals surface area contributed by atoms with E-state index in [1.807, 2.05) is 0 Å². The quantitative estimate of drug-likeness (QED) is 0.815. The largest absolute Gasteiger partial charge is 0.389 e. The van der Waals surface area contributed by atoms with Gasteiger partial charge in [-0.15, -0.1) is 0 Å². The Kier molecular flexibility index (Phi) is 3.80. The first-order valence-electron chi connectivity index (χ1n) is 5.77. The van der Waals surface area contributed by atoms with E-state index >= 15 is 0 Å². The topological polar surface area (TPSA) is 80.9 Å². The number of aromatic amines is 1. The molecule has 2 aromatic rings. The fourth-order valence-corrected chi connectivity index (χ4v) is 1.97. The highest BCUT2D eigenvalue weighted by Crippen LogP contribution is 2.13. The zero-order valence-corrected chi connectivity index (χ0v) is 11.5. The zero-order chi connectivity index (χ0) is 14.9. The molecule has 1 heterocycles. The average molecular weight is 293 g/mol. The molecule has 0 amide bonds. The Morgan fingerprint density at radius 2 is 2.15 bits per heavy atom. The molecule has 0 saturated heterocycles. The summed E-state index contributed by atoms with van der Waals surface area (Å²) < 4.78 is 15.4. The molecule has 1 aromatic heterocycles. The Morgan fingerprint density at radius 1 is 1.45 bits per heavy atom. The highest BCUT2D eigenvalue weighted by Gasteiger charge is 2.11. The molecule has 0 spiro atoms. The molecular weight excluding hydrogens is 281 g/mol. The SMILES string of the molecule is Cc1cn(Cc2cccc(C(N)=S)c2F)c(=O)[nH]c1=O. The van der Waals surface area contributed by atoms with Crippen LogP contribution in [0.2, 0.25) is 0 Å². The first-order valence-corrected chi connectivity index (χ1v) is 6.18. The van der Waals surface area contributed by atoms with E-state index in [9.17, 15) is 14.0 Å². The predicted octanol–water partition coefficient (Wildman–Crippen LogP) is 0.667. The summed E-state index contributed by atoms with van der Waals surface area (Å²) in [5.41, 5.74) is 5.14. The van der Waals surface area contributed by atoms with Crippen LogP contribution in [-0.4, -0.2) is 14.5 Å². The predicted molar refractivity (Wildman–Crippen MR) is 77.4 cm³/mol. The molecule has 0 saturated carbocycles. The van der Waals surface area contributed by atoms with Gasteiger partial charge in [0.1, 0.15) is 10.8 Å². The van der Waals surface area contributed by atoms with Crippen LogP contribution in [0.4, 0.5) is 4.39 Å². The number of aromatic nitrogens is 2. The van der Waals surface area contributed by atoms with Crippen LogP contribution in [0.15, 0.2) is 34.0 Å². The number of halogens is 1. The number of nitrogens with one attached hydrogen (secondary N) is 1. The van der Waals surface area contributed by atoms with Gasteiger partial charge in [0.2, 0.25) is 0 Å². The van der Waals surface area contributed by atoms with E-state index in [0.717, 1.165) is 0 Å². The summed E-state index contributed by atoms with van der Waals surface area (Å²) in [5, 5.41) is 0. The molecule has 0 radical (unpaired) electrons. The molecule has 0 aliphatic rings. The summed E-state index contributed by atoms with van der Waals surface area (Å²) in [7, 11) is 0. The number of hydrogen-bond donors (Lipinski definition) is 2. The van der Waals surface area contributed by atoms with Gasteiger partial charge in [0, 0.05) is 22.9 Å². The summed E-state index contributed by atoms with van der Waals surface area (Å²) in [6.45, 7) is 1.55. The Morgan fingerprint density at radius 3 is 2.80 bits per heavy atom. The van der Waals surface area contributed by atoms with Crippen molar-refractivity contribution < 1.29 is 4.39 Å². The second kappa shape index (κ2) is 5.38. The van der Waals surface area contributed by atoms with Gasteiger partial charge in [0.25, 0.3) is 5.56 Å². The molecule has 7 heteroatoms. The molecular formula is C13H12FN3O2S. The van der Waals surface area contributed by atoms with Gasteiger partial charge < -0.3 is 5.73 Å². The Balaban J connectivity index is 2.48. The third kappa shape index (κ3) is 2.67. The van der Waals surface area contributed by atoms with Gasteiger partial charge in [-0.1, -0.05) is 24.4 Å². The van der Waals surface area contributed by atoms with Gasteiger partial charge in [-0.05, 0) is 13.0 Å². The maximum absolute atomic E-state index is 14.2. The third-order valence-electron chi connectivity index (χ3n) is 2.87. The van der Waals surface area contributed by atoms with Crippen molar-refractivity contribution in [2.45, 2.75) is 13.5 Å². The monoisotopic (exact) mass is 293 g/mol. The Hall–Kier alpha value is -2.28. The van der Waals surface area contributed by atoms with Crippen LogP contribution in [0.25, 0.3) is 0 Å². The molecule has 0 aliphatic heterocycles. The highest BCUT2D eigenvalue weighted by molar-refractivity contribution is 7.80. The average Bonchev–Trinajstić information content (AvgIpc) is 2.37. The number of thiocarbonyl (C=S) groups is 1. The highest BCUT2D eigenvalue weighted by atomic mass is 32.1. The maximum atomic E-state index is 14.2. The molecule has 5 nitrogen and oxygen atoms in total. The number of nitrogens with two attached hydrogens (primary N) is 1. The Bertz CT molecular complexity index is 795. The van der Waals surface area contributed by atoms with Crippen molar-refractivity contribution in [3.05, 3.63) is 67.7 Å². The molecule has 1 aromatic carbocycles. The minimum absolute atomic E-state index is 0.0151. The summed E-state index contributed by atoms with van der Waals surface area (Å²) in [4.78, 5) is 25.1. The van der Waals surface area contributed by atoms with E-state index in [1.165, 1.54) is 22.9 Å². The maximum Gasteiger partial charge on any atom is 0.328 e. The smallest absolute Gasteiger partial charge is 0.328 e. The fraction of sp³-hybridized carbons (Fsp3) is 0.154. The van der Waals surface area contributed by atoms with Crippen molar-refractivity contribution in [1.29, 1.82) is 0 Å². The van der Waals surface area contributed by atoms with Gasteiger partial charge in [-0.25, -0.2) is 9.18 Å². The van der Waals surface area contributed by atoms with Crippen molar-refractivity contribution in [2.75, 3.05) is 0 Å². The minimum Gasteiger partial charge on any atom is -0.389 e. The molecule has 0 atom stereocenters. The van der Waals surface area contributed by atoms with Crippen LogP contribution in [-0.2, 0) is 6.54 Å².